The van der Waals surface area contributed by atoms with E-state index >= 15 is 0 Å². The Kier molecular flexibility index (Phi) is 2.96. The van der Waals surface area contributed by atoms with Crippen LogP contribution in [0.1, 0.15) is 22.3 Å². The minimum Gasteiger partial charge on any atom is -0.322 e. The van der Waals surface area contributed by atoms with Gasteiger partial charge < -0.3 is 5.73 Å². The summed E-state index contributed by atoms with van der Waals surface area (Å²) in [5.41, 5.74) is 8.36. The lowest BCUT2D eigenvalue weighted by molar-refractivity contribution is 0.701. The van der Waals surface area contributed by atoms with E-state index in [9.17, 15) is 0 Å². The highest BCUT2D eigenvalue weighted by Gasteiger charge is 2.10. The van der Waals surface area contributed by atoms with Gasteiger partial charge in [-0.1, -0.05) is 0 Å². The molecule has 0 saturated carbocycles. The number of nitrogens with two attached hydrogens (primary N) is 1. The molecule has 0 aliphatic carbocycles. The van der Waals surface area contributed by atoms with Crippen LogP contribution in [0.2, 0.25) is 0 Å². The van der Waals surface area contributed by atoms with E-state index < -0.39 is 0 Å². The molecule has 2 nitrogen and oxygen atoms in total. The first-order chi connectivity index (χ1) is 6.75. The van der Waals surface area contributed by atoms with Gasteiger partial charge in [-0.05, 0) is 35.7 Å². The zero-order valence-electron chi connectivity index (χ0n) is 7.93. The molecule has 0 amide bonds. The van der Waals surface area contributed by atoms with Crippen LogP contribution in [0.15, 0.2) is 22.2 Å². The molecule has 0 aromatic carbocycles. The van der Waals surface area contributed by atoms with Crippen LogP contribution >= 0.6 is 22.7 Å². The van der Waals surface area contributed by atoms with Crippen LogP contribution in [0, 0.1) is 6.92 Å². The molecule has 0 aliphatic rings. The Labute approximate surface area is 91.4 Å². The Hall–Kier alpha value is -0.710. The fourth-order valence-corrected chi connectivity index (χ4v) is 2.68. The van der Waals surface area contributed by atoms with Crippen molar-refractivity contribution in [3.63, 3.8) is 0 Å². The van der Waals surface area contributed by atoms with Gasteiger partial charge in [0.1, 0.15) is 0 Å². The molecule has 0 radical (unpaired) electrons. The predicted molar refractivity (Wildman–Crippen MR) is 61.8 cm³/mol. The molecule has 2 rings (SSSR count). The molecule has 2 heterocycles. The molecule has 0 saturated heterocycles. The highest BCUT2D eigenvalue weighted by atomic mass is 32.1. The average Bonchev–Trinajstić information content (AvgIpc) is 2.75. The average molecular weight is 224 g/mol. The van der Waals surface area contributed by atoms with Gasteiger partial charge in [0.15, 0.2) is 0 Å². The first kappa shape index (κ1) is 9.83. The normalized spacial score (nSPS) is 13.0. The second kappa shape index (κ2) is 4.21. The SMILES string of the molecule is Cc1nc(C(N)Cc2ccsc2)cs1. The summed E-state index contributed by atoms with van der Waals surface area (Å²) in [5, 5.41) is 7.35. The van der Waals surface area contributed by atoms with Crippen LogP contribution in [0.25, 0.3) is 0 Å². The smallest absolute Gasteiger partial charge is 0.0898 e. The van der Waals surface area contributed by atoms with E-state index in [1.165, 1.54) is 5.56 Å². The summed E-state index contributed by atoms with van der Waals surface area (Å²) in [7, 11) is 0. The van der Waals surface area contributed by atoms with E-state index in [2.05, 4.69) is 21.8 Å². The molecular formula is C10H12N2S2. The van der Waals surface area contributed by atoms with Gasteiger partial charge in [0, 0.05) is 5.38 Å². The van der Waals surface area contributed by atoms with E-state index in [1.807, 2.05) is 12.3 Å². The van der Waals surface area contributed by atoms with Gasteiger partial charge in [-0.25, -0.2) is 4.98 Å². The topological polar surface area (TPSA) is 38.9 Å². The lowest BCUT2D eigenvalue weighted by Crippen LogP contribution is -2.13. The third-order valence-corrected chi connectivity index (χ3v) is 3.58. The largest absolute Gasteiger partial charge is 0.322 e. The molecule has 14 heavy (non-hydrogen) atoms. The predicted octanol–water partition coefficient (Wildman–Crippen LogP) is 2.76. The Morgan fingerprint density at radius 3 is 2.93 bits per heavy atom. The van der Waals surface area contributed by atoms with Crippen LogP contribution in [0.5, 0.6) is 0 Å². The summed E-state index contributed by atoms with van der Waals surface area (Å²) in [5.74, 6) is 0. The molecule has 0 aliphatic heterocycles. The summed E-state index contributed by atoms with van der Waals surface area (Å²) in [6.45, 7) is 2.01. The number of aromatic nitrogens is 1. The summed E-state index contributed by atoms with van der Waals surface area (Å²) in [4.78, 5) is 4.39. The Bertz CT molecular complexity index is 392. The number of aryl methyl sites for hydroxylation is 1. The van der Waals surface area contributed by atoms with Crippen molar-refractivity contribution in [3.05, 3.63) is 38.5 Å². The third kappa shape index (κ3) is 2.20. The molecule has 2 N–H and O–H groups in total. The van der Waals surface area contributed by atoms with Crippen LogP contribution in [0.3, 0.4) is 0 Å². The van der Waals surface area contributed by atoms with Crippen molar-refractivity contribution < 1.29 is 0 Å². The monoisotopic (exact) mass is 224 g/mol. The fraction of sp³-hybridized carbons (Fsp3) is 0.300. The molecule has 1 atom stereocenters. The molecular weight excluding hydrogens is 212 g/mol. The maximum Gasteiger partial charge on any atom is 0.0898 e. The molecule has 0 fully saturated rings. The second-order valence-electron chi connectivity index (χ2n) is 3.23. The molecule has 0 bridgehead atoms. The van der Waals surface area contributed by atoms with Gasteiger partial charge >= 0.3 is 0 Å². The minimum atomic E-state index is 0.0366. The van der Waals surface area contributed by atoms with E-state index in [0.717, 1.165) is 17.1 Å². The highest BCUT2D eigenvalue weighted by molar-refractivity contribution is 7.09. The molecule has 1 unspecified atom stereocenters. The minimum absolute atomic E-state index is 0.0366. The first-order valence-corrected chi connectivity index (χ1v) is 6.26. The van der Waals surface area contributed by atoms with Gasteiger partial charge in [-0.2, -0.15) is 11.3 Å². The zero-order chi connectivity index (χ0) is 9.97. The van der Waals surface area contributed by atoms with Crippen LogP contribution in [-0.4, -0.2) is 4.98 Å². The number of rotatable bonds is 3. The summed E-state index contributed by atoms with van der Waals surface area (Å²) < 4.78 is 0. The van der Waals surface area contributed by atoms with E-state index in [1.54, 1.807) is 22.7 Å². The zero-order valence-corrected chi connectivity index (χ0v) is 9.57. The van der Waals surface area contributed by atoms with Crippen LogP contribution < -0.4 is 5.73 Å². The lowest BCUT2D eigenvalue weighted by atomic mass is 10.1. The standard InChI is InChI=1S/C10H12N2S2/c1-7-12-10(6-14-7)9(11)4-8-2-3-13-5-8/h2-3,5-6,9H,4,11H2,1H3. The van der Waals surface area contributed by atoms with E-state index in [-0.39, 0.29) is 6.04 Å². The quantitative estimate of drug-likeness (QED) is 0.870. The molecule has 74 valence electrons. The van der Waals surface area contributed by atoms with Crippen molar-refractivity contribution in [2.75, 3.05) is 0 Å². The molecule has 2 aromatic heterocycles. The molecule has 4 heteroatoms. The fourth-order valence-electron chi connectivity index (χ4n) is 1.32. The summed E-state index contributed by atoms with van der Waals surface area (Å²) in [6, 6.07) is 2.15. The van der Waals surface area contributed by atoms with Crippen molar-refractivity contribution in [1.82, 2.24) is 4.98 Å². The third-order valence-electron chi connectivity index (χ3n) is 2.05. The molecule has 2 aromatic rings. The number of thiophene rings is 1. The van der Waals surface area contributed by atoms with Gasteiger partial charge in [0.2, 0.25) is 0 Å². The number of thiazole rings is 1. The number of nitrogens with zero attached hydrogens (tertiary/aromatic N) is 1. The van der Waals surface area contributed by atoms with Gasteiger partial charge in [0.05, 0.1) is 16.7 Å². The molecule has 0 spiro atoms. The van der Waals surface area contributed by atoms with Crippen molar-refractivity contribution in [2.24, 2.45) is 5.73 Å². The Morgan fingerprint density at radius 1 is 1.50 bits per heavy atom. The first-order valence-electron chi connectivity index (χ1n) is 4.44. The second-order valence-corrected chi connectivity index (χ2v) is 5.08. The van der Waals surface area contributed by atoms with Crippen molar-refractivity contribution in [1.29, 1.82) is 0 Å². The summed E-state index contributed by atoms with van der Waals surface area (Å²) >= 11 is 3.37. The number of hydrogen-bond acceptors (Lipinski definition) is 4. The van der Waals surface area contributed by atoms with Gasteiger partial charge in [-0.3, -0.25) is 0 Å². The summed E-state index contributed by atoms with van der Waals surface area (Å²) in [6.07, 6.45) is 0.882. The maximum absolute atomic E-state index is 6.05. The van der Waals surface area contributed by atoms with Crippen LogP contribution in [-0.2, 0) is 6.42 Å². The highest BCUT2D eigenvalue weighted by Crippen LogP contribution is 2.19. The van der Waals surface area contributed by atoms with Crippen LogP contribution in [0.4, 0.5) is 0 Å². The van der Waals surface area contributed by atoms with E-state index in [0.29, 0.717) is 0 Å². The van der Waals surface area contributed by atoms with E-state index in [4.69, 9.17) is 5.73 Å². The maximum atomic E-state index is 6.05. The lowest BCUT2D eigenvalue weighted by Gasteiger charge is -2.06. The number of hydrogen-bond donors (Lipinski definition) is 1. The Morgan fingerprint density at radius 2 is 2.36 bits per heavy atom. The van der Waals surface area contributed by atoms with Crippen molar-refractivity contribution >= 4 is 22.7 Å². The van der Waals surface area contributed by atoms with Gasteiger partial charge in [-0.15, -0.1) is 11.3 Å². The van der Waals surface area contributed by atoms with Crippen molar-refractivity contribution in [2.45, 2.75) is 19.4 Å². The van der Waals surface area contributed by atoms with Crippen molar-refractivity contribution in [3.8, 4) is 0 Å². The van der Waals surface area contributed by atoms with Gasteiger partial charge in [0.25, 0.3) is 0 Å². The Balaban J connectivity index is 2.06.